The highest BCUT2D eigenvalue weighted by atomic mass is 16.5. The van der Waals surface area contributed by atoms with E-state index in [1.165, 1.54) is 11.3 Å². The molecule has 0 bridgehead atoms. The van der Waals surface area contributed by atoms with Gasteiger partial charge < -0.3 is 14.5 Å². The second-order valence-corrected chi connectivity index (χ2v) is 6.48. The summed E-state index contributed by atoms with van der Waals surface area (Å²) in [7, 11) is 0. The predicted molar refractivity (Wildman–Crippen MR) is 101 cm³/mol. The van der Waals surface area contributed by atoms with Crippen LogP contribution in [0.15, 0.2) is 54.6 Å². The van der Waals surface area contributed by atoms with E-state index in [9.17, 15) is 4.79 Å². The van der Waals surface area contributed by atoms with Crippen LogP contribution < -0.4 is 9.64 Å². The second-order valence-electron chi connectivity index (χ2n) is 6.48. The summed E-state index contributed by atoms with van der Waals surface area (Å²) in [5, 5.41) is 0. The van der Waals surface area contributed by atoms with Crippen molar-refractivity contribution >= 4 is 11.6 Å². The highest BCUT2D eigenvalue weighted by Crippen LogP contribution is 2.19. The molecular formula is C21H26N2O2. The number of amides is 1. The first-order valence-electron chi connectivity index (χ1n) is 8.99. The number of carbonyl (C=O) groups is 1. The summed E-state index contributed by atoms with van der Waals surface area (Å²) in [6.45, 7) is 7.23. The fourth-order valence-electron chi connectivity index (χ4n) is 3.12. The molecule has 4 heteroatoms. The van der Waals surface area contributed by atoms with E-state index in [-0.39, 0.29) is 5.91 Å². The molecule has 0 aromatic heterocycles. The Kier molecular flexibility index (Phi) is 5.59. The normalized spacial score (nSPS) is 15.8. The van der Waals surface area contributed by atoms with Gasteiger partial charge in [-0.05, 0) is 37.6 Å². The molecule has 25 heavy (non-hydrogen) atoms. The zero-order valence-electron chi connectivity index (χ0n) is 15.0. The van der Waals surface area contributed by atoms with Crippen molar-refractivity contribution in [1.29, 1.82) is 0 Å². The largest absolute Gasteiger partial charge is 0.481 e. The van der Waals surface area contributed by atoms with E-state index in [2.05, 4.69) is 29.2 Å². The lowest BCUT2D eigenvalue weighted by atomic mass is 10.2. The Morgan fingerprint density at radius 3 is 2.24 bits per heavy atom. The standard InChI is InChI=1S/C21H26N2O2/c1-3-20(25-19-11-9-17(2)10-12-19)21(24)23-15-13-22(14-16-23)18-7-5-4-6-8-18/h4-12,20H,3,13-16H2,1-2H3/t20-/m1/s1. The molecule has 0 N–H and O–H groups in total. The van der Waals surface area contributed by atoms with Crippen LogP contribution >= 0.6 is 0 Å². The lowest BCUT2D eigenvalue weighted by Gasteiger charge is -2.37. The summed E-state index contributed by atoms with van der Waals surface area (Å²) in [5.41, 5.74) is 2.40. The monoisotopic (exact) mass is 338 g/mol. The van der Waals surface area contributed by atoms with Crippen LogP contribution in [0.25, 0.3) is 0 Å². The molecule has 1 heterocycles. The zero-order chi connectivity index (χ0) is 17.6. The van der Waals surface area contributed by atoms with Crippen molar-refractivity contribution in [2.45, 2.75) is 26.4 Å². The third-order valence-corrected chi connectivity index (χ3v) is 4.66. The van der Waals surface area contributed by atoms with E-state index in [4.69, 9.17) is 4.74 Å². The van der Waals surface area contributed by atoms with E-state index < -0.39 is 6.10 Å². The van der Waals surface area contributed by atoms with Gasteiger partial charge in [-0.1, -0.05) is 42.8 Å². The Morgan fingerprint density at radius 2 is 1.64 bits per heavy atom. The summed E-state index contributed by atoms with van der Waals surface area (Å²) in [6, 6.07) is 18.2. The Balaban J connectivity index is 1.57. The molecule has 1 saturated heterocycles. The lowest BCUT2D eigenvalue weighted by molar-refractivity contribution is -0.139. The zero-order valence-corrected chi connectivity index (χ0v) is 15.0. The summed E-state index contributed by atoms with van der Waals surface area (Å²) in [6.07, 6.45) is 0.261. The van der Waals surface area contributed by atoms with Crippen molar-refractivity contribution in [1.82, 2.24) is 4.90 Å². The van der Waals surface area contributed by atoms with Gasteiger partial charge in [-0.2, -0.15) is 0 Å². The maximum atomic E-state index is 12.8. The average molecular weight is 338 g/mol. The van der Waals surface area contributed by atoms with Crippen LogP contribution in [0.3, 0.4) is 0 Å². The number of piperazine rings is 1. The van der Waals surface area contributed by atoms with Crippen LogP contribution in [0.5, 0.6) is 5.75 Å². The maximum Gasteiger partial charge on any atom is 0.263 e. The van der Waals surface area contributed by atoms with Crippen molar-refractivity contribution in [3.63, 3.8) is 0 Å². The average Bonchev–Trinajstić information content (AvgIpc) is 2.68. The summed E-state index contributed by atoms with van der Waals surface area (Å²) < 4.78 is 5.94. The van der Waals surface area contributed by atoms with Crippen LogP contribution in [-0.2, 0) is 4.79 Å². The fourth-order valence-corrected chi connectivity index (χ4v) is 3.12. The molecule has 1 aliphatic rings. The molecule has 0 unspecified atom stereocenters. The van der Waals surface area contributed by atoms with E-state index >= 15 is 0 Å². The van der Waals surface area contributed by atoms with Crippen LogP contribution in [0.1, 0.15) is 18.9 Å². The molecule has 0 aliphatic carbocycles. The lowest BCUT2D eigenvalue weighted by Crippen LogP contribution is -2.52. The Morgan fingerprint density at radius 1 is 1.00 bits per heavy atom. The molecule has 2 aromatic rings. The van der Waals surface area contributed by atoms with Crippen molar-refractivity contribution in [2.75, 3.05) is 31.1 Å². The van der Waals surface area contributed by atoms with Crippen molar-refractivity contribution < 1.29 is 9.53 Å². The number of aryl methyl sites for hydroxylation is 1. The van der Waals surface area contributed by atoms with Gasteiger partial charge in [0, 0.05) is 31.9 Å². The molecule has 1 amide bonds. The SMILES string of the molecule is CC[C@@H](Oc1ccc(C)cc1)C(=O)N1CCN(c2ccccc2)CC1. The van der Waals surface area contributed by atoms with Gasteiger partial charge in [0.15, 0.2) is 6.10 Å². The van der Waals surface area contributed by atoms with Gasteiger partial charge >= 0.3 is 0 Å². The van der Waals surface area contributed by atoms with Gasteiger partial charge in [0.2, 0.25) is 0 Å². The third kappa shape index (κ3) is 4.32. The molecule has 0 spiro atoms. The Bertz CT molecular complexity index is 677. The highest BCUT2D eigenvalue weighted by Gasteiger charge is 2.27. The van der Waals surface area contributed by atoms with E-state index in [1.807, 2.05) is 49.1 Å². The predicted octanol–water partition coefficient (Wildman–Crippen LogP) is 3.50. The number of anilines is 1. The first-order valence-corrected chi connectivity index (χ1v) is 8.99. The van der Waals surface area contributed by atoms with Gasteiger partial charge in [-0.15, -0.1) is 0 Å². The number of rotatable bonds is 5. The quantitative estimate of drug-likeness (QED) is 0.836. The van der Waals surface area contributed by atoms with Crippen LogP contribution in [0.2, 0.25) is 0 Å². The molecule has 0 saturated carbocycles. The van der Waals surface area contributed by atoms with Crippen LogP contribution in [-0.4, -0.2) is 43.1 Å². The summed E-state index contributed by atoms with van der Waals surface area (Å²) >= 11 is 0. The van der Waals surface area contributed by atoms with E-state index in [1.54, 1.807) is 0 Å². The number of carbonyl (C=O) groups excluding carboxylic acids is 1. The van der Waals surface area contributed by atoms with Crippen molar-refractivity contribution in [3.05, 3.63) is 60.2 Å². The molecule has 1 atom stereocenters. The number of nitrogens with zero attached hydrogens (tertiary/aromatic N) is 2. The third-order valence-electron chi connectivity index (χ3n) is 4.66. The second kappa shape index (κ2) is 8.06. The van der Waals surface area contributed by atoms with Gasteiger partial charge in [0.1, 0.15) is 5.75 Å². The van der Waals surface area contributed by atoms with E-state index in [0.717, 1.165) is 31.9 Å². The minimum Gasteiger partial charge on any atom is -0.481 e. The number of para-hydroxylation sites is 1. The van der Waals surface area contributed by atoms with Crippen molar-refractivity contribution in [3.8, 4) is 5.75 Å². The number of benzene rings is 2. The van der Waals surface area contributed by atoms with Gasteiger partial charge in [-0.25, -0.2) is 0 Å². The van der Waals surface area contributed by atoms with Crippen molar-refractivity contribution in [2.24, 2.45) is 0 Å². The fraction of sp³-hybridized carbons (Fsp3) is 0.381. The molecule has 1 aliphatic heterocycles. The highest BCUT2D eigenvalue weighted by molar-refractivity contribution is 5.81. The minimum atomic E-state index is -0.411. The molecule has 0 radical (unpaired) electrons. The Hall–Kier alpha value is -2.49. The molecule has 3 rings (SSSR count). The molecular weight excluding hydrogens is 312 g/mol. The molecule has 2 aromatic carbocycles. The van der Waals surface area contributed by atoms with Gasteiger partial charge in [0.25, 0.3) is 5.91 Å². The number of ether oxygens (including phenoxy) is 1. The maximum absolute atomic E-state index is 12.8. The Labute approximate surface area is 150 Å². The van der Waals surface area contributed by atoms with Crippen LogP contribution in [0.4, 0.5) is 5.69 Å². The first kappa shape index (κ1) is 17.3. The van der Waals surface area contributed by atoms with E-state index in [0.29, 0.717) is 6.42 Å². The summed E-state index contributed by atoms with van der Waals surface area (Å²) in [5.74, 6) is 0.851. The number of hydrogen-bond donors (Lipinski definition) is 0. The van der Waals surface area contributed by atoms with Gasteiger partial charge in [0.05, 0.1) is 0 Å². The van der Waals surface area contributed by atoms with Gasteiger partial charge in [-0.3, -0.25) is 4.79 Å². The molecule has 1 fully saturated rings. The molecule has 4 nitrogen and oxygen atoms in total. The topological polar surface area (TPSA) is 32.8 Å². The minimum absolute atomic E-state index is 0.0933. The number of hydrogen-bond acceptors (Lipinski definition) is 3. The molecule has 132 valence electrons. The van der Waals surface area contributed by atoms with Crippen LogP contribution in [0, 0.1) is 6.92 Å². The summed E-state index contributed by atoms with van der Waals surface area (Å²) in [4.78, 5) is 17.1. The smallest absolute Gasteiger partial charge is 0.263 e. The first-order chi connectivity index (χ1) is 12.2.